The molecule has 7 nitrogen and oxygen atoms in total. The van der Waals surface area contributed by atoms with Gasteiger partial charge in [-0.05, 0) is 28.7 Å². The van der Waals surface area contributed by atoms with Crippen molar-refractivity contribution >= 4 is 39.5 Å². The van der Waals surface area contributed by atoms with Gasteiger partial charge in [-0.3, -0.25) is 4.98 Å². The molecule has 168 valence electrons. The van der Waals surface area contributed by atoms with E-state index in [4.69, 9.17) is 21.4 Å². The predicted molar refractivity (Wildman–Crippen MR) is 118 cm³/mol. The molecule has 0 saturated heterocycles. The molecule has 0 amide bonds. The van der Waals surface area contributed by atoms with Crippen molar-refractivity contribution in [3.8, 4) is 11.1 Å². The van der Waals surface area contributed by atoms with E-state index in [1.165, 1.54) is 5.56 Å². The van der Waals surface area contributed by atoms with Gasteiger partial charge in [-0.2, -0.15) is 18.2 Å². The minimum atomic E-state index is -5.08. The first-order valence-electron chi connectivity index (χ1n) is 9.52. The number of carbonyl (C=O) groups is 1. The number of carboxylic acids is 1. The Balaban J connectivity index is 0.000000360. The highest BCUT2D eigenvalue weighted by Crippen LogP contribution is 2.36. The molecule has 32 heavy (non-hydrogen) atoms. The van der Waals surface area contributed by atoms with Gasteiger partial charge in [0.25, 0.3) is 0 Å². The molecule has 0 aliphatic rings. The van der Waals surface area contributed by atoms with Crippen LogP contribution in [-0.4, -0.2) is 32.2 Å². The SMILES string of the molecule is CC(C)(C)c1ccc(-c2cc3[nH]c(N)nc(N)c3c3ccnc23)cc1.O=C(O)C(F)(F)F. The minimum absolute atomic E-state index is 0.123. The molecule has 2 aromatic carbocycles. The first kappa shape index (κ1) is 22.9. The van der Waals surface area contributed by atoms with Gasteiger partial charge in [0.15, 0.2) is 5.95 Å². The van der Waals surface area contributed by atoms with E-state index in [9.17, 15) is 13.2 Å². The lowest BCUT2D eigenvalue weighted by Gasteiger charge is -2.19. The zero-order chi connectivity index (χ0) is 23.8. The molecule has 10 heteroatoms. The Morgan fingerprint density at radius 3 is 2.19 bits per heavy atom. The van der Waals surface area contributed by atoms with Gasteiger partial charge in [-0.1, -0.05) is 45.0 Å². The number of nitrogens with one attached hydrogen (secondary N) is 1. The lowest BCUT2D eigenvalue weighted by molar-refractivity contribution is -0.192. The van der Waals surface area contributed by atoms with E-state index in [0.29, 0.717) is 11.8 Å². The van der Waals surface area contributed by atoms with Crippen molar-refractivity contribution in [1.29, 1.82) is 0 Å². The number of anilines is 2. The molecule has 0 spiro atoms. The number of rotatable bonds is 1. The molecular weight excluding hydrogens is 423 g/mol. The summed E-state index contributed by atoms with van der Waals surface area (Å²) in [4.78, 5) is 20.7. The van der Waals surface area contributed by atoms with Crippen molar-refractivity contribution in [1.82, 2.24) is 15.0 Å². The number of nitrogens with two attached hydrogens (primary N) is 2. The summed E-state index contributed by atoms with van der Waals surface area (Å²) >= 11 is 0. The van der Waals surface area contributed by atoms with Crippen LogP contribution in [-0.2, 0) is 10.2 Å². The fourth-order valence-electron chi connectivity index (χ4n) is 3.28. The third-order valence-corrected chi connectivity index (χ3v) is 4.85. The smallest absolute Gasteiger partial charge is 0.475 e. The van der Waals surface area contributed by atoms with Gasteiger partial charge in [0.05, 0.1) is 11.0 Å². The molecule has 4 rings (SSSR count). The van der Waals surface area contributed by atoms with Gasteiger partial charge >= 0.3 is 12.1 Å². The van der Waals surface area contributed by atoms with E-state index >= 15 is 0 Å². The molecule has 0 bridgehead atoms. The molecule has 4 aromatic rings. The van der Waals surface area contributed by atoms with Gasteiger partial charge < -0.3 is 21.6 Å². The molecule has 0 atom stereocenters. The highest BCUT2D eigenvalue weighted by Gasteiger charge is 2.38. The summed E-state index contributed by atoms with van der Waals surface area (Å²) in [6.45, 7) is 6.63. The number of hydrogen-bond donors (Lipinski definition) is 4. The number of halogens is 3. The van der Waals surface area contributed by atoms with Crippen LogP contribution in [0.15, 0.2) is 42.6 Å². The zero-order valence-corrected chi connectivity index (χ0v) is 17.6. The van der Waals surface area contributed by atoms with Crippen molar-refractivity contribution in [2.24, 2.45) is 0 Å². The van der Waals surface area contributed by atoms with E-state index < -0.39 is 12.1 Å². The maximum atomic E-state index is 10.6. The molecule has 2 heterocycles. The van der Waals surface area contributed by atoms with Gasteiger partial charge in [-0.15, -0.1) is 0 Å². The fraction of sp³-hybridized carbons (Fsp3) is 0.227. The van der Waals surface area contributed by atoms with Gasteiger partial charge in [-0.25, -0.2) is 4.79 Å². The fourth-order valence-corrected chi connectivity index (χ4v) is 3.28. The third-order valence-electron chi connectivity index (χ3n) is 4.85. The van der Waals surface area contributed by atoms with Crippen LogP contribution >= 0.6 is 0 Å². The Kier molecular flexibility index (Phi) is 5.73. The van der Waals surface area contributed by atoms with E-state index in [-0.39, 0.29) is 5.41 Å². The van der Waals surface area contributed by atoms with Crippen LogP contribution < -0.4 is 11.5 Å². The number of fused-ring (bicyclic) bond motifs is 3. The first-order valence-corrected chi connectivity index (χ1v) is 9.52. The average molecular weight is 445 g/mol. The Hall–Kier alpha value is -3.82. The van der Waals surface area contributed by atoms with Crippen LogP contribution in [0.4, 0.5) is 24.9 Å². The Morgan fingerprint density at radius 1 is 1.06 bits per heavy atom. The van der Waals surface area contributed by atoms with Gasteiger partial charge in [0.2, 0.25) is 0 Å². The summed E-state index contributed by atoms with van der Waals surface area (Å²) in [5.74, 6) is -2.04. The van der Waals surface area contributed by atoms with Crippen LogP contribution in [0.5, 0.6) is 0 Å². The van der Waals surface area contributed by atoms with Crippen molar-refractivity contribution in [3.05, 3.63) is 48.2 Å². The number of carboxylic acid groups (broad SMARTS) is 1. The molecule has 2 aromatic heterocycles. The Morgan fingerprint density at radius 2 is 1.66 bits per heavy atom. The number of nitrogens with zero attached hydrogens (tertiary/aromatic N) is 2. The second kappa shape index (κ2) is 8.03. The van der Waals surface area contributed by atoms with Crippen molar-refractivity contribution in [2.45, 2.75) is 32.4 Å². The number of alkyl halides is 3. The quantitative estimate of drug-likeness (QED) is 0.330. The van der Waals surface area contributed by atoms with Crippen LogP contribution in [0.1, 0.15) is 26.3 Å². The second-order valence-electron chi connectivity index (χ2n) is 8.19. The van der Waals surface area contributed by atoms with Crippen LogP contribution in [0.25, 0.3) is 32.9 Å². The number of benzene rings is 2. The molecule has 0 aliphatic heterocycles. The van der Waals surface area contributed by atoms with E-state index in [1.54, 1.807) is 6.20 Å². The molecule has 0 aliphatic carbocycles. The summed E-state index contributed by atoms with van der Waals surface area (Å²) in [7, 11) is 0. The average Bonchev–Trinajstić information content (AvgIpc) is 3.15. The van der Waals surface area contributed by atoms with Gasteiger partial charge in [0.1, 0.15) is 5.82 Å². The summed E-state index contributed by atoms with van der Waals surface area (Å²) in [6.07, 6.45) is -3.28. The number of nitrogen functional groups attached to an aromatic ring is 2. The largest absolute Gasteiger partial charge is 0.490 e. The molecule has 0 saturated carbocycles. The summed E-state index contributed by atoms with van der Waals surface area (Å²) in [5, 5.41) is 8.96. The van der Waals surface area contributed by atoms with E-state index in [0.717, 1.165) is 32.9 Å². The zero-order valence-electron chi connectivity index (χ0n) is 17.6. The molecule has 6 N–H and O–H groups in total. The highest BCUT2D eigenvalue weighted by molar-refractivity contribution is 6.15. The summed E-state index contributed by atoms with van der Waals surface area (Å²) in [5.41, 5.74) is 17.3. The topological polar surface area (TPSA) is 131 Å². The molecule has 0 unspecified atom stereocenters. The normalized spacial score (nSPS) is 11.9. The van der Waals surface area contributed by atoms with Gasteiger partial charge in [0, 0.05) is 22.5 Å². The minimum Gasteiger partial charge on any atom is -0.475 e. The maximum Gasteiger partial charge on any atom is 0.490 e. The third kappa shape index (κ3) is 4.58. The lowest BCUT2D eigenvalue weighted by Crippen LogP contribution is -2.21. The lowest BCUT2D eigenvalue weighted by atomic mass is 9.86. The number of hydrogen-bond acceptors (Lipinski definition) is 5. The molecule has 0 radical (unpaired) electrons. The number of H-pyrrole nitrogens is 1. The molecule has 0 fully saturated rings. The number of aromatic nitrogens is 3. The first-order chi connectivity index (χ1) is 14.8. The van der Waals surface area contributed by atoms with Crippen molar-refractivity contribution in [2.75, 3.05) is 11.5 Å². The number of aromatic amines is 1. The van der Waals surface area contributed by atoms with Crippen LogP contribution in [0.3, 0.4) is 0 Å². The summed E-state index contributed by atoms with van der Waals surface area (Å²) < 4.78 is 31.7. The van der Waals surface area contributed by atoms with E-state index in [1.807, 2.05) is 12.1 Å². The maximum absolute atomic E-state index is 10.6. The molecular formula is C22H22F3N5O2. The Bertz CT molecular complexity index is 1290. The monoisotopic (exact) mass is 445 g/mol. The second-order valence-corrected chi connectivity index (χ2v) is 8.19. The van der Waals surface area contributed by atoms with Crippen molar-refractivity contribution < 1.29 is 23.1 Å². The van der Waals surface area contributed by atoms with Crippen LogP contribution in [0, 0.1) is 0 Å². The predicted octanol–water partition coefficient (Wildman–Crippen LogP) is 4.87. The summed E-state index contributed by atoms with van der Waals surface area (Å²) in [6, 6.07) is 12.6. The Labute approximate surface area is 181 Å². The number of aliphatic carboxylic acids is 1. The standard InChI is InChI=1S/C20H21N5.C2HF3O2/c1-20(2,3)12-6-4-11(5-7-12)14-10-15-16(13-8-9-23-17(13)14)18(21)25-19(22)24-15;3-2(4,5)1(6)7/h4-10H,21H2,1-3H3,(H3,22,24,25);(H,6,7). The van der Waals surface area contributed by atoms with Crippen LogP contribution in [0.2, 0.25) is 0 Å². The highest BCUT2D eigenvalue weighted by atomic mass is 19.4. The van der Waals surface area contributed by atoms with E-state index in [2.05, 4.69) is 60.0 Å². The van der Waals surface area contributed by atoms with Crippen molar-refractivity contribution in [3.63, 3.8) is 0 Å².